The van der Waals surface area contributed by atoms with Crippen LogP contribution in [-0.4, -0.2) is 32.6 Å². The minimum Gasteiger partial charge on any atom is -0.332 e. The van der Waals surface area contributed by atoms with Gasteiger partial charge in [-0.2, -0.15) is 5.10 Å². The first-order valence-corrected chi connectivity index (χ1v) is 10.1. The molecule has 28 heavy (non-hydrogen) atoms. The predicted octanol–water partition coefficient (Wildman–Crippen LogP) is 5.28. The molecule has 0 aliphatic rings. The summed E-state index contributed by atoms with van der Waals surface area (Å²) in [5.74, 6) is -0.0792. The van der Waals surface area contributed by atoms with Crippen molar-refractivity contribution < 1.29 is 4.79 Å². The first-order chi connectivity index (χ1) is 13.5. The van der Waals surface area contributed by atoms with Gasteiger partial charge in [0.25, 0.3) is 5.91 Å². The highest BCUT2D eigenvalue weighted by atomic mass is 35.5. The summed E-state index contributed by atoms with van der Waals surface area (Å²) >= 11 is 7.58. The molecule has 5 nitrogen and oxygen atoms in total. The second-order valence-electron chi connectivity index (χ2n) is 6.64. The molecular formula is C21H19ClN4OS. The summed E-state index contributed by atoms with van der Waals surface area (Å²) in [4.78, 5) is 19.5. The number of thiazole rings is 1. The van der Waals surface area contributed by atoms with Gasteiger partial charge in [0.15, 0.2) is 0 Å². The van der Waals surface area contributed by atoms with E-state index in [2.05, 4.69) is 10.1 Å². The topological polar surface area (TPSA) is 51.0 Å². The molecule has 4 rings (SSSR count). The number of amides is 1. The number of carbonyl (C=O) groups excluding carboxylic acids is 1. The van der Waals surface area contributed by atoms with E-state index in [1.54, 1.807) is 46.3 Å². The minimum absolute atomic E-state index is 0.0792. The minimum atomic E-state index is -0.136. The average Bonchev–Trinajstić information content (AvgIpc) is 3.30. The molecule has 0 radical (unpaired) electrons. The second-order valence-corrected chi connectivity index (χ2v) is 8.14. The molecule has 2 aromatic heterocycles. The third-order valence-electron chi connectivity index (χ3n) is 4.88. The number of carbonyl (C=O) groups is 1. The highest BCUT2D eigenvalue weighted by molar-refractivity contribution is 7.18. The van der Waals surface area contributed by atoms with Crippen LogP contribution >= 0.6 is 22.9 Å². The molecule has 1 unspecified atom stereocenters. The molecule has 2 aromatic carbocycles. The van der Waals surface area contributed by atoms with Crippen LogP contribution < -0.4 is 0 Å². The standard InChI is InChI=1S/C21H19ClN4OS/c1-13-17(12-23-26(13)16-10-8-15(22)9-11-16)21(27)25(3)14(2)20-24-18-6-4-5-7-19(18)28-20/h4-12,14H,1-3H3. The molecule has 1 amide bonds. The quantitative estimate of drug-likeness (QED) is 0.460. The fourth-order valence-corrected chi connectivity index (χ4v) is 4.25. The molecule has 0 saturated heterocycles. The van der Waals surface area contributed by atoms with E-state index in [9.17, 15) is 4.79 Å². The van der Waals surface area contributed by atoms with Crippen LogP contribution in [-0.2, 0) is 0 Å². The van der Waals surface area contributed by atoms with Crippen LogP contribution in [0.2, 0.25) is 5.02 Å². The van der Waals surface area contributed by atoms with E-state index < -0.39 is 0 Å². The van der Waals surface area contributed by atoms with E-state index in [1.807, 2.05) is 50.2 Å². The molecule has 142 valence electrons. The number of aromatic nitrogens is 3. The Morgan fingerprint density at radius 2 is 1.89 bits per heavy atom. The highest BCUT2D eigenvalue weighted by Crippen LogP contribution is 2.30. The molecule has 2 heterocycles. The lowest BCUT2D eigenvalue weighted by molar-refractivity contribution is 0.0742. The SMILES string of the molecule is Cc1c(C(=O)N(C)C(C)c2nc3ccccc3s2)cnn1-c1ccc(Cl)cc1. The number of rotatable bonds is 4. The summed E-state index contributed by atoms with van der Waals surface area (Å²) in [5.41, 5.74) is 3.19. The zero-order valence-corrected chi connectivity index (χ0v) is 17.3. The zero-order valence-electron chi connectivity index (χ0n) is 15.8. The van der Waals surface area contributed by atoms with Crippen molar-refractivity contribution in [2.75, 3.05) is 7.05 Å². The first kappa shape index (κ1) is 18.7. The summed E-state index contributed by atoms with van der Waals surface area (Å²) in [6, 6.07) is 15.2. The number of halogens is 1. The van der Waals surface area contributed by atoms with Gasteiger partial charge in [-0.3, -0.25) is 4.79 Å². The first-order valence-electron chi connectivity index (χ1n) is 8.89. The van der Waals surface area contributed by atoms with Crippen molar-refractivity contribution in [2.45, 2.75) is 19.9 Å². The summed E-state index contributed by atoms with van der Waals surface area (Å²) in [6.45, 7) is 3.89. The summed E-state index contributed by atoms with van der Waals surface area (Å²) in [6.07, 6.45) is 1.62. The number of hydrogen-bond donors (Lipinski definition) is 0. The summed E-state index contributed by atoms with van der Waals surface area (Å²) in [5, 5.41) is 5.98. The van der Waals surface area contributed by atoms with Gasteiger partial charge in [0.2, 0.25) is 0 Å². The number of fused-ring (bicyclic) bond motifs is 1. The lowest BCUT2D eigenvalue weighted by atomic mass is 10.2. The van der Waals surface area contributed by atoms with Gasteiger partial charge < -0.3 is 4.90 Å². The molecule has 1 atom stereocenters. The largest absolute Gasteiger partial charge is 0.332 e. The Morgan fingerprint density at radius 3 is 2.61 bits per heavy atom. The van der Waals surface area contributed by atoms with E-state index >= 15 is 0 Å². The Morgan fingerprint density at radius 1 is 1.18 bits per heavy atom. The molecule has 0 bridgehead atoms. The number of benzene rings is 2. The normalized spacial score (nSPS) is 12.3. The van der Waals surface area contributed by atoms with Crippen molar-refractivity contribution in [1.82, 2.24) is 19.7 Å². The molecule has 0 aliphatic carbocycles. The van der Waals surface area contributed by atoms with Crippen LogP contribution in [0, 0.1) is 6.92 Å². The van der Waals surface area contributed by atoms with Gasteiger partial charge in [-0.05, 0) is 50.2 Å². The van der Waals surface area contributed by atoms with Gasteiger partial charge in [-0.15, -0.1) is 11.3 Å². The van der Waals surface area contributed by atoms with Gasteiger partial charge in [0.05, 0.1) is 39.4 Å². The van der Waals surface area contributed by atoms with Crippen LogP contribution in [0.15, 0.2) is 54.7 Å². The smallest absolute Gasteiger partial charge is 0.257 e. The van der Waals surface area contributed by atoms with Gasteiger partial charge in [0, 0.05) is 12.1 Å². The summed E-state index contributed by atoms with van der Waals surface area (Å²) in [7, 11) is 1.80. The maximum atomic E-state index is 13.1. The van der Waals surface area contributed by atoms with Crippen molar-refractivity contribution in [3.05, 3.63) is 76.0 Å². The molecular weight excluding hydrogens is 392 g/mol. The number of hydrogen-bond acceptors (Lipinski definition) is 4. The Hall–Kier alpha value is -2.70. The van der Waals surface area contributed by atoms with E-state index in [1.165, 1.54) is 0 Å². The van der Waals surface area contributed by atoms with Crippen molar-refractivity contribution in [3.8, 4) is 5.69 Å². The summed E-state index contributed by atoms with van der Waals surface area (Å²) < 4.78 is 2.87. The van der Waals surface area contributed by atoms with Crippen LogP contribution in [0.4, 0.5) is 0 Å². The Bertz CT molecular complexity index is 1120. The van der Waals surface area contributed by atoms with Gasteiger partial charge >= 0.3 is 0 Å². The van der Waals surface area contributed by atoms with Gasteiger partial charge in [-0.1, -0.05) is 23.7 Å². The second kappa shape index (κ2) is 7.37. The fourth-order valence-electron chi connectivity index (χ4n) is 3.06. The van der Waals surface area contributed by atoms with Crippen LogP contribution in [0.1, 0.15) is 34.0 Å². The van der Waals surface area contributed by atoms with Crippen LogP contribution in [0.5, 0.6) is 0 Å². The van der Waals surface area contributed by atoms with Crippen LogP contribution in [0.25, 0.3) is 15.9 Å². The molecule has 0 aliphatic heterocycles. The molecule has 7 heteroatoms. The molecule has 0 N–H and O–H groups in total. The van der Waals surface area contributed by atoms with Crippen LogP contribution in [0.3, 0.4) is 0 Å². The van der Waals surface area contributed by atoms with Crippen molar-refractivity contribution >= 4 is 39.1 Å². The predicted molar refractivity (Wildman–Crippen MR) is 113 cm³/mol. The third kappa shape index (κ3) is 3.30. The number of nitrogens with zero attached hydrogens (tertiary/aromatic N) is 4. The van der Waals surface area contributed by atoms with E-state index in [0.717, 1.165) is 26.6 Å². The zero-order chi connectivity index (χ0) is 19.8. The Kier molecular flexibility index (Phi) is 4.91. The lowest BCUT2D eigenvalue weighted by Gasteiger charge is -2.23. The maximum Gasteiger partial charge on any atom is 0.257 e. The van der Waals surface area contributed by atoms with E-state index in [4.69, 9.17) is 11.6 Å². The van der Waals surface area contributed by atoms with Crippen molar-refractivity contribution in [3.63, 3.8) is 0 Å². The Balaban J connectivity index is 1.60. The lowest BCUT2D eigenvalue weighted by Crippen LogP contribution is -2.30. The van der Waals surface area contributed by atoms with E-state index in [-0.39, 0.29) is 11.9 Å². The Labute approximate surface area is 172 Å². The van der Waals surface area contributed by atoms with Crippen molar-refractivity contribution in [1.29, 1.82) is 0 Å². The average molecular weight is 411 g/mol. The number of para-hydroxylation sites is 1. The van der Waals surface area contributed by atoms with Gasteiger partial charge in [-0.25, -0.2) is 9.67 Å². The molecule has 0 spiro atoms. The molecule has 4 aromatic rings. The maximum absolute atomic E-state index is 13.1. The molecule has 0 fully saturated rings. The monoisotopic (exact) mass is 410 g/mol. The fraction of sp³-hybridized carbons (Fsp3) is 0.190. The highest BCUT2D eigenvalue weighted by Gasteiger charge is 2.25. The van der Waals surface area contributed by atoms with Gasteiger partial charge in [0.1, 0.15) is 5.01 Å². The molecule has 0 saturated carbocycles. The van der Waals surface area contributed by atoms with E-state index in [0.29, 0.717) is 10.6 Å². The third-order valence-corrected chi connectivity index (χ3v) is 6.34. The van der Waals surface area contributed by atoms with Crippen molar-refractivity contribution in [2.24, 2.45) is 0 Å².